The van der Waals surface area contributed by atoms with E-state index in [1.54, 1.807) is 0 Å². The molecule has 3 heteroatoms. The molecule has 1 amide bonds. The van der Waals surface area contributed by atoms with Crippen molar-refractivity contribution in [1.29, 1.82) is 0 Å². The summed E-state index contributed by atoms with van der Waals surface area (Å²) >= 11 is 0. The number of nitrogens with one attached hydrogen (secondary N) is 1. The van der Waals surface area contributed by atoms with Gasteiger partial charge >= 0.3 is 0 Å². The van der Waals surface area contributed by atoms with Gasteiger partial charge in [0.2, 0.25) is 0 Å². The minimum atomic E-state index is -0.156. The molecule has 0 fully saturated rings. The fourth-order valence-corrected chi connectivity index (χ4v) is 2.37. The van der Waals surface area contributed by atoms with Crippen molar-refractivity contribution in [2.45, 2.75) is 40.0 Å². The summed E-state index contributed by atoms with van der Waals surface area (Å²) in [5, 5.41) is 2.87. The third kappa shape index (κ3) is 4.59. The Morgan fingerprint density at radius 1 is 1.04 bits per heavy atom. The molecule has 1 N–H and O–H groups in total. The van der Waals surface area contributed by atoms with Gasteiger partial charge in [0.1, 0.15) is 5.75 Å². The maximum Gasteiger partial charge on any atom is 0.262 e. The number of benzene rings is 2. The Bertz CT molecular complexity index is 699. The molecule has 0 unspecified atom stereocenters. The second kappa shape index (κ2) is 6.86. The number of para-hydroxylation sites is 1. The van der Waals surface area contributed by atoms with Crippen molar-refractivity contribution in [3.8, 4) is 5.75 Å². The number of rotatable bonds is 4. The van der Waals surface area contributed by atoms with Crippen molar-refractivity contribution in [1.82, 2.24) is 0 Å². The minimum absolute atomic E-state index is 0.0000172. The molecule has 0 aliphatic carbocycles. The average molecular weight is 311 g/mol. The summed E-state index contributed by atoms with van der Waals surface area (Å²) < 4.78 is 5.74. The van der Waals surface area contributed by atoms with Gasteiger partial charge in [0.25, 0.3) is 5.91 Å². The van der Waals surface area contributed by atoms with E-state index in [2.05, 4.69) is 26.1 Å². The molecule has 122 valence electrons. The van der Waals surface area contributed by atoms with Gasteiger partial charge in [-0.05, 0) is 54.2 Å². The molecule has 2 aromatic rings. The highest BCUT2D eigenvalue weighted by Gasteiger charge is 2.18. The Morgan fingerprint density at radius 2 is 1.74 bits per heavy atom. The summed E-state index contributed by atoms with van der Waals surface area (Å²) in [6, 6.07) is 13.7. The standard InChI is InChI=1S/C20H25NO2/c1-14-10-11-16(12-15(14)2)21-19(22)13-23-18-9-7-6-8-17(18)20(3,4)5/h6-12H,13H2,1-5H3,(H,21,22). The van der Waals surface area contributed by atoms with Crippen LogP contribution < -0.4 is 10.1 Å². The van der Waals surface area contributed by atoms with Crippen LogP contribution in [0.4, 0.5) is 5.69 Å². The summed E-state index contributed by atoms with van der Waals surface area (Å²) in [7, 11) is 0. The average Bonchev–Trinajstić information content (AvgIpc) is 2.48. The Kier molecular flexibility index (Phi) is 5.09. The van der Waals surface area contributed by atoms with Gasteiger partial charge in [-0.2, -0.15) is 0 Å². The van der Waals surface area contributed by atoms with E-state index in [0.717, 1.165) is 22.6 Å². The van der Waals surface area contributed by atoms with Gasteiger partial charge in [-0.1, -0.05) is 45.0 Å². The molecule has 0 aliphatic rings. The van der Waals surface area contributed by atoms with E-state index in [1.165, 1.54) is 5.56 Å². The Labute approximate surface area is 138 Å². The van der Waals surface area contributed by atoms with Crippen LogP contribution in [0, 0.1) is 13.8 Å². The summed E-state index contributed by atoms with van der Waals surface area (Å²) in [5.74, 6) is 0.604. The van der Waals surface area contributed by atoms with Crippen molar-refractivity contribution >= 4 is 11.6 Å². The molecular weight excluding hydrogens is 286 g/mol. The molecule has 2 rings (SSSR count). The van der Waals surface area contributed by atoms with Gasteiger partial charge in [0.15, 0.2) is 6.61 Å². The topological polar surface area (TPSA) is 38.3 Å². The van der Waals surface area contributed by atoms with Gasteiger partial charge in [0.05, 0.1) is 0 Å². The molecule has 0 aliphatic heterocycles. The first-order valence-corrected chi connectivity index (χ1v) is 7.87. The second-order valence-corrected chi connectivity index (χ2v) is 6.88. The molecule has 3 nitrogen and oxygen atoms in total. The van der Waals surface area contributed by atoms with Crippen LogP contribution in [0.25, 0.3) is 0 Å². The molecule has 0 heterocycles. The third-order valence-electron chi connectivity index (χ3n) is 3.84. The monoisotopic (exact) mass is 311 g/mol. The highest BCUT2D eigenvalue weighted by Crippen LogP contribution is 2.30. The second-order valence-electron chi connectivity index (χ2n) is 6.88. The minimum Gasteiger partial charge on any atom is -0.483 e. The summed E-state index contributed by atoms with van der Waals surface area (Å²) in [6.45, 7) is 10.5. The molecule has 0 radical (unpaired) electrons. The largest absolute Gasteiger partial charge is 0.483 e. The number of amides is 1. The van der Waals surface area contributed by atoms with E-state index in [9.17, 15) is 4.79 Å². The van der Waals surface area contributed by atoms with Crippen molar-refractivity contribution in [3.63, 3.8) is 0 Å². The first-order chi connectivity index (χ1) is 10.8. The smallest absolute Gasteiger partial charge is 0.262 e. The molecule has 0 aromatic heterocycles. The highest BCUT2D eigenvalue weighted by molar-refractivity contribution is 5.92. The predicted molar refractivity (Wildman–Crippen MR) is 95.2 cm³/mol. The molecule has 0 atom stereocenters. The molecule has 0 saturated heterocycles. The number of hydrogen-bond donors (Lipinski definition) is 1. The first-order valence-electron chi connectivity index (χ1n) is 7.87. The number of carbonyl (C=O) groups is 1. The van der Waals surface area contributed by atoms with E-state index in [1.807, 2.05) is 56.3 Å². The quantitative estimate of drug-likeness (QED) is 0.895. The van der Waals surface area contributed by atoms with Crippen molar-refractivity contribution in [2.24, 2.45) is 0 Å². The van der Waals surface area contributed by atoms with Gasteiger partial charge in [-0.15, -0.1) is 0 Å². The molecule has 0 saturated carbocycles. The lowest BCUT2D eigenvalue weighted by atomic mass is 9.86. The Balaban J connectivity index is 2.01. The lowest BCUT2D eigenvalue weighted by Crippen LogP contribution is -2.22. The van der Waals surface area contributed by atoms with Crippen LogP contribution >= 0.6 is 0 Å². The predicted octanol–water partition coefficient (Wildman–Crippen LogP) is 4.62. The summed E-state index contributed by atoms with van der Waals surface area (Å²) in [6.07, 6.45) is 0. The lowest BCUT2D eigenvalue weighted by molar-refractivity contribution is -0.118. The fourth-order valence-electron chi connectivity index (χ4n) is 2.37. The van der Waals surface area contributed by atoms with Crippen LogP contribution in [0.2, 0.25) is 0 Å². The number of ether oxygens (including phenoxy) is 1. The molecule has 0 bridgehead atoms. The van der Waals surface area contributed by atoms with Crippen molar-refractivity contribution in [2.75, 3.05) is 11.9 Å². The molecular formula is C20H25NO2. The number of carbonyl (C=O) groups excluding carboxylic acids is 1. The third-order valence-corrected chi connectivity index (χ3v) is 3.84. The van der Waals surface area contributed by atoms with E-state index in [4.69, 9.17) is 4.74 Å². The fraction of sp³-hybridized carbons (Fsp3) is 0.350. The van der Waals surface area contributed by atoms with Gasteiger partial charge in [-0.25, -0.2) is 0 Å². The number of hydrogen-bond acceptors (Lipinski definition) is 2. The van der Waals surface area contributed by atoms with E-state index < -0.39 is 0 Å². The highest BCUT2D eigenvalue weighted by atomic mass is 16.5. The van der Waals surface area contributed by atoms with Crippen molar-refractivity contribution in [3.05, 3.63) is 59.2 Å². The Hall–Kier alpha value is -2.29. The lowest BCUT2D eigenvalue weighted by Gasteiger charge is -2.22. The molecule has 2 aromatic carbocycles. The molecule has 0 spiro atoms. The number of anilines is 1. The van der Waals surface area contributed by atoms with Crippen LogP contribution in [-0.2, 0) is 10.2 Å². The Morgan fingerprint density at radius 3 is 2.39 bits per heavy atom. The molecule has 23 heavy (non-hydrogen) atoms. The zero-order valence-corrected chi connectivity index (χ0v) is 14.6. The van der Waals surface area contributed by atoms with Crippen LogP contribution in [0.5, 0.6) is 5.75 Å². The van der Waals surface area contributed by atoms with Crippen LogP contribution in [-0.4, -0.2) is 12.5 Å². The van der Waals surface area contributed by atoms with Crippen LogP contribution in [0.15, 0.2) is 42.5 Å². The van der Waals surface area contributed by atoms with E-state index in [0.29, 0.717) is 0 Å². The van der Waals surface area contributed by atoms with Crippen molar-refractivity contribution < 1.29 is 9.53 Å². The SMILES string of the molecule is Cc1ccc(NC(=O)COc2ccccc2C(C)(C)C)cc1C. The van der Waals surface area contributed by atoms with E-state index >= 15 is 0 Å². The zero-order chi connectivity index (χ0) is 17.0. The normalized spacial score (nSPS) is 11.2. The zero-order valence-electron chi connectivity index (χ0n) is 14.6. The first kappa shape index (κ1) is 17.1. The van der Waals surface area contributed by atoms with Gasteiger partial charge < -0.3 is 10.1 Å². The summed E-state index contributed by atoms with van der Waals surface area (Å²) in [5.41, 5.74) is 4.23. The summed E-state index contributed by atoms with van der Waals surface area (Å²) in [4.78, 5) is 12.1. The van der Waals surface area contributed by atoms with Crippen LogP contribution in [0.1, 0.15) is 37.5 Å². The number of aryl methyl sites for hydroxylation is 2. The van der Waals surface area contributed by atoms with Gasteiger partial charge in [-0.3, -0.25) is 4.79 Å². The van der Waals surface area contributed by atoms with Gasteiger partial charge in [0, 0.05) is 5.69 Å². The van der Waals surface area contributed by atoms with Crippen LogP contribution in [0.3, 0.4) is 0 Å². The van der Waals surface area contributed by atoms with E-state index in [-0.39, 0.29) is 17.9 Å². The maximum atomic E-state index is 12.1. The maximum absolute atomic E-state index is 12.1.